The first kappa shape index (κ1) is 8.85. The number of hydrogen-bond donors (Lipinski definition) is 0. The quantitative estimate of drug-likeness (QED) is 0.707. The minimum absolute atomic E-state index is 0.598. The second kappa shape index (κ2) is 3.56. The number of hydrogen-bond acceptors (Lipinski definition) is 2. The van der Waals surface area contributed by atoms with Crippen LogP contribution in [0.4, 0.5) is 0 Å². The first-order chi connectivity index (χ1) is 6.25. The van der Waals surface area contributed by atoms with Crippen LogP contribution in [0.5, 0.6) is 0 Å². The summed E-state index contributed by atoms with van der Waals surface area (Å²) in [6, 6.07) is 5.26. The first-order valence-corrected chi connectivity index (χ1v) is 4.65. The average Bonchev–Trinajstić information content (AvgIpc) is 2.53. The summed E-state index contributed by atoms with van der Waals surface area (Å²) in [4.78, 5) is 4.17. The Balaban J connectivity index is 2.39. The predicted molar refractivity (Wildman–Crippen MR) is 53.8 cm³/mol. The van der Waals surface area contributed by atoms with Gasteiger partial charge in [-0.1, -0.05) is 23.2 Å². The fourth-order valence-electron chi connectivity index (χ4n) is 1.19. The van der Waals surface area contributed by atoms with Gasteiger partial charge in [0.1, 0.15) is 6.61 Å². The Kier molecular flexibility index (Phi) is 2.42. The largest absolute Gasteiger partial charge is 0.476 e. The van der Waals surface area contributed by atoms with Gasteiger partial charge in [0.25, 0.3) is 0 Å². The topological polar surface area (TPSA) is 21.6 Å². The molecule has 0 spiro atoms. The van der Waals surface area contributed by atoms with E-state index in [1.807, 2.05) is 0 Å². The first-order valence-electron chi connectivity index (χ1n) is 3.89. The van der Waals surface area contributed by atoms with E-state index >= 15 is 0 Å². The van der Waals surface area contributed by atoms with Crippen LogP contribution < -0.4 is 0 Å². The van der Waals surface area contributed by atoms with Crippen LogP contribution in [-0.2, 0) is 4.74 Å². The molecule has 2 nitrogen and oxygen atoms in total. The van der Waals surface area contributed by atoms with Crippen LogP contribution in [0.3, 0.4) is 0 Å². The molecule has 1 aromatic carbocycles. The van der Waals surface area contributed by atoms with Crippen LogP contribution in [0, 0.1) is 0 Å². The molecule has 0 fully saturated rings. The Morgan fingerprint density at radius 1 is 1.15 bits per heavy atom. The predicted octanol–water partition coefficient (Wildman–Crippen LogP) is 2.77. The SMILES string of the molecule is Clc1cc(Cl)cc(C2=NCCO2)c1. The Labute approximate surface area is 86.1 Å². The third kappa shape index (κ3) is 1.95. The van der Waals surface area contributed by atoms with Crippen molar-refractivity contribution in [2.45, 2.75) is 0 Å². The number of nitrogens with zero attached hydrogens (tertiary/aromatic N) is 1. The Bertz CT molecular complexity index is 342. The number of benzene rings is 1. The van der Waals surface area contributed by atoms with Crippen molar-refractivity contribution in [3.05, 3.63) is 33.8 Å². The third-order valence-electron chi connectivity index (χ3n) is 1.69. The molecule has 1 aliphatic heterocycles. The molecule has 0 aromatic heterocycles. The maximum absolute atomic E-state index is 5.83. The van der Waals surface area contributed by atoms with Crippen molar-refractivity contribution in [1.82, 2.24) is 0 Å². The molecule has 4 heteroatoms. The van der Waals surface area contributed by atoms with Crippen LogP contribution in [0.1, 0.15) is 5.56 Å². The maximum atomic E-state index is 5.83. The number of aliphatic imine (C=N–C) groups is 1. The summed E-state index contributed by atoms with van der Waals surface area (Å²) in [5.74, 6) is 0.629. The summed E-state index contributed by atoms with van der Waals surface area (Å²) in [6.45, 7) is 1.35. The lowest BCUT2D eigenvalue weighted by atomic mass is 10.2. The summed E-state index contributed by atoms with van der Waals surface area (Å²) >= 11 is 11.7. The van der Waals surface area contributed by atoms with Gasteiger partial charge in [0.2, 0.25) is 5.90 Å². The summed E-state index contributed by atoms with van der Waals surface area (Å²) < 4.78 is 5.28. The van der Waals surface area contributed by atoms with Gasteiger partial charge in [-0.15, -0.1) is 0 Å². The van der Waals surface area contributed by atoms with Crippen molar-refractivity contribution < 1.29 is 4.74 Å². The molecule has 0 amide bonds. The fraction of sp³-hybridized carbons (Fsp3) is 0.222. The van der Waals surface area contributed by atoms with Crippen molar-refractivity contribution in [3.63, 3.8) is 0 Å². The Morgan fingerprint density at radius 2 is 1.85 bits per heavy atom. The van der Waals surface area contributed by atoms with Gasteiger partial charge in [0.15, 0.2) is 0 Å². The van der Waals surface area contributed by atoms with Gasteiger partial charge >= 0.3 is 0 Å². The van der Waals surface area contributed by atoms with E-state index in [2.05, 4.69) is 4.99 Å². The van der Waals surface area contributed by atoms with E-state index < -0.39 is 0 Å². The van der Waals surface area contributed by atoms with E-state index in [0.717, 1.165) is 5.56 Å². The van der Waals surface area contributed by atoms with Gasteiger partial charge in [-0.3, -0.25) is 0 Å². The van der Waals surface area contributed by atoms with Crippen LogP contribution in [0.2, 0.25) is 10.0 Å². The molecule has 0 atom stereocenters. The van der Waals surface area contributed by atoms with Crippen molar-refractivity contribution in [1.29, 1.82) is 0 Å². The zero-order valence-corrected chi connectivity index (χ0v) is 8.27. The zero-order valence-electron chi connectivity index (χ0n) is 6.76. The molecule has 0 radical (unpaired) electrons. The van der Waals surface area contributed by atoms with Crippen molar-refractivity contribution >= 4 is 29.1 Å². The second-order valence-electron chi connectivity index (χ2n) is 2.69. The van der Waals surface area contributed by atoms with E-state index in [9.17, 15) is 0 Å². The van der Waals surface area contributed by atoms with Crippen LogP contribution in [-0.4, -0.2) is 19.0 Å². The number of halogens is 2. The molecule has 0 saturated carbocycles. The van der Waals surface area contributed by atoms with Gasteiger partial charge in [-0.05, 0) is 18.2 Å². The van der Waals surface area contributed by atoms with Crippen LogP contribution >= 0.6 is 23.2 Å². The molecule has 1 aliphatic rings. The third-order valence-corrected chi connectivity index (χ3v) is 2.13. The molecule has 68 valence electrons. The molecule has 0 aliphatic carbocycles. The summed E-state index contributed by atoms with van der Waals surface area (Å²) in [5, 5.41) is 1.20. The lowest BCUT2D eigenvalue weighted by Gasteiger charge is -2.02. The van der Waals surface area contributed by atoms with Gasteiger partial charge in [0.05, 0.1) is 6.54 Å². The monoisotopic (exact) mass is 215 g/mol. The van der Waals surface area contributed by atoms with E-state index in [0.29, 0.717) is 29.1 Å². The summed E-state index contributed by atoms with van der Waals surface area (Å²) in [6.07, 6.45) is 0. The number of ether oxygens (including phenoxy) is 1. The van der Waals surface area contributed by atoms with Crippen molar-refractivity contribution in [3.8, 4) is 0 Å². The highest BCUT2D eigenvalue weighted by molar-refractivity contribution is 6.35. The van der Waals surface area contributed by atoms with Gasteiger partial charge in [-0.2, -0.15) is 0 Å². The molecule has 2 rings (SSSR count). The fourth-order valence-corrected chi connectivity index (χ4v) is 1.71. The summed E-state index contributed by atoms with van der Waals surface area (Å²) in [5.41, 5.74) is 0.843. The van der Waals surface area contributed by atoms with Gasteiger partial charge in [-0.25, -0.2) is 4.99 Å². The van der Waals surface area contributed by atoms with Crippen LogP contribution in [0.25, 0.3) is 0 Å². The minimum atomic E-state index is 0.598. The Morgan fingerprint density at radius 3 is 2.38 bits per heavy atom. The van der Waals surface area contributed by atoms with E-state index in [1.54, 1.807) is 18.2 Å². The molecule has 0 N–H and O–H groups in total. The highest BCUT2D eigenvalue weighted by Crippen LogP contribution is 2.20. The highest BCUT2D eigenvalue weighted by Gasteiger charge is 2.11. The lowest BCUT2D eigenvalue weighted by Crippen LogP contribution is -2.00. The van der Waals surface area contributed by atoms with Gasteiger partial charge in [0, 0.05) is 15.6 Å². The highest BCUT2D eigenvalue weighted by atomic mass is 35.5. The zero-order chi connectivity index (χ0) is 9.26. The molecule has 13 heavy (non-hydrogen) atoms. The van der Waals surface area contributed by atoms with Gasteiger partial charge < -0.3 is 4.74 Å². The minimum Gasteiger partial charge on any atom is -0.476 e. The second-order valence-corrected chi connectivity index (χ2v) is 3.57. The molecule has 0 bridgehead atoms. The molecular formula is C9H7Cl2NO. The normalized spacial score (nSPS) is 15.4. The standard InChI is InChI=1S/C9H7Cl2NO/c10-7-3-6(4-8(11)5-7)9-12-1-2-13-9/h3-5H,1-2H2. The average molecular weight is 216 g/mol. The molecule has 0 saturated heterocycles. The smallest absolute Gasteiger partial charge is 0.216 e. The van der Waals surface area contributed by atoms with Crippen molar-refractivity contribution in [2.75, 3.05) is 13.2 Å². The van der Waals surface area contributed by atoms with Crippen molar-refractivity contribution in [2.24, 2.45) is 4.99 Å². The molecule has 1 heterocycles. The number of rotatable bonds is 1. The lowest BCUT2D eigenvalue weighted by molar-refractivity contribution is 0.348. The molecule has 0 unspecified atom stereocenters. The van der Waals surface area contributed by atoms with Crippen LogP contribution in [0.15, 0.2) is 23.2 Å². The molecule has 1 aromatic rings. The summed E-state index contributed by atoms with van der Waals surface area (Å²) in [7, 11) is 0. The molecular weight excluding hydrogens is 209 g/mol. The van der Waals surface area contributed by atoms with E-state index in [1.165, 1.54) is 0 Å². The van der Waals surface area contributed by atoms with E-state index in [4.69, 9.17) is 27.9 Å². The Hall–Kier alpha value is -0.730. The maximum Gasteiger partial charge on any atom is 0.216 e. The van der Waals surface area contributed by atoms with E-state index in [-0.39, 0.29) is 0 Å².